The minimum absolute atomic E-state index is 0.0999. The number of aromatic hydroxyl groups is 1. The monoisotopic (exact) mass is 557 g/mol. The van der Waals surface area contributed by atoms with Gasteiger partial charge in [0.1, 0.15) is 22.9 Å². The van der Waals surface area contributed by atoms with Gasteiger partial charge in [0, 0.05) is 29.0 Å². The Kier molecular flexibility index (Phi) is 6.54. The van der Waals surface area contributed by atoms with Crippen molar-refractivity contribution in [1.29, 1.82) is 0 Å². The second-order valence-electron chi connectivity index (χ2n) is 11.6. The predicted octanol–water partition coefficient (Wildman–Crippen LogP) is 1.63. The van der Waals surface area contributed by atoms with Crippen LogP contribution in [0.3, 0.4) is 0 Å². The standard InChI is InChI=1S/C28H32FN3O8/c1-10-5-4-6-12(10)27(39)31-16-9-15(29)13-7-11-8-14-20(32(2)3)23(35)19(26(30)38)25(37)28(14,40)24(36)17(11)22(34)18(13)21(16)33/h9-12,14,20,33,35-36,40H,4-8H2,1-3H3,(H2,30,38)(H,31,39)/t10?,11-,12+,14-,20-,28-/m0/s1. The summed E-state index contributed by atoms with van der Waals surface area (Å²) < 4.78 is 15.4. The average Bonchev–Trinajstić information content (AvgIpc) is 3.30. The summed E-state index contributed by atoms with van der Waals surface area (Å²) >= 11 is 0. The highest BCUT2D eigenvalue weighted by Gasteiger charge is 2.63. The number of benzene rings is 1. The molecule has 7 N–H and O–H groups in total. The fourth-order valence-corrected chi connectivity index (χ4v) is 7.13. The number of amides is 2. The molecule has 4 aliphatic carbocycles. The largest absolute Gasteiger partial charge is 0.510 e. The number of nitrogens with zero attached hydrogens (tertiary/aromatic N) is 1. The Bertz CT molecular complexity index is 1430. The maximum atomic E-state index is 15.4. The molecule has 5 rings (SSSR count). The summed E-state index contributed by atoms with van der Waals surface area (Å²) in [5.74, 6) is -9.70. The van der Waals surface area contributed by atoms with Crippen LogP contribution in [0.2, 0.25) is 0 Å². The summed E-state index contributed by atoms with van der Waals surface area (Å²) in [4.78, 5) is 53.4. The third-order valence-corrected chi connectivity index (χ3v) is 9.12. The molecule has 2 amide bonds. The predicted molar refractivity (Wildman–Crippen MR) is 139 cm³/mol. The maximum Gasteiger partial charge on any atom is 0.255 e. The van der Waals surface area contributed by atoms with E-state index in [9.17, 15) is 39.6 Å². The number of aliphatic hydroxyl groups is 3. The van der Waals surface area contributed by atoms with Crippen LogP contribution in [0.25, 0.3) is 0 Å². The number of rotatable bonds is 4. The zero-order chi connectivity index (χ0) is 29.4. The number of likely N-dealkylation sites (N-methyl/N-ethyl adjacent to an activating group) is 1. The van der Waals surface area contributed by atoms with E-state index >= 15 is 4.39 Å². The molecule has 1 aromatic carbocycles. The zero-order valence-electron chi connectivity index (χ0n) is 22.3. The molecule has 11 nitrogen and oxygen atoms in total. The van der Waals surface area contributed by atoms with Crippen molar-refractivity contribution in [3.05, 3.63) is 45.7 Å². The molecule has 40 heavy (non-hydrogen) atoms. The van der Waals surface area contributed by atoms with Gasteiger partial charge in [-0.05, 0) is 51.6 Å². The summed E-state index contributed by atoms with van der Waals surface area (Å²) in [5, 5.41) is 47.3. The molecule has 6 atom stereocenters. The van der Waals surface area contributed by atoms with Gasteiger partial charge in [0.2, 0.25) is 11.7 Å². The molecule has 0 aromatic heterocycles. The fraction of sp³-hybridized carbons (Fsp3) is 0.500. The quantitative estimate of drug-likeness (QED) is 0.236. The molecule has 0 saturated heterocycles. The van der Waals surface area contributed by atoms with Crippen molar-refractivity contribution >= 4 is 29.1 Å². The number of phenolic OH excluding ortho intramolecular Hbond substituents is 1. The number of aliphatic hydroxyl groups excluding tert-OH is 2. The minimum atomic E-state index is -2.79. The number of anilines is 1. The number of carbonyl (C=O) groups is 4. The normalized spacial score (nSPS) is 31.7. The minimum Gasteiger partial charge on any atom is -0.510 e. The summed E-state index contributed by atoms with van der Waals surface area (Å²) in [6.45, 7) is 1.93. The molecule has 214 valence electrons. The number of halogens is 1. The lowest BCUT2D eigenvalue weighted by Crippen LogP contribution is -2.63. The molecule has 0 radical (unpaired) electrons. The van der Waals surface area contributed by atoms with E-state index < -0.39 is 86.7 Å². The first-order chi connectivity index (χ1) is 18.7. The Morgan fingerprint density at radius 3 is 2.42 bits per heavy atom. The molecule has 1 fully saturated rings. The van der Waals surface area contributed by atoms with Gasteiger partial charge >= 0.3 is 0 Å². The van der Waals surface area contributed by atoms with Crippen LogP contribution in [-0.2, 0) is 20.8 Å². The van der Waals surface area contributed by atoms with Crippen LogP contribution in [0.4, 0.5) is 10.1 Å². The first-order valence-electron chi connectivity index (χ1n) is 13.2. The average molecular weight is 558 g/mol. The lowest BCUT2D eigenvalue weighted by Gasteiger charge is -2.50. The number of nitrogens with two attached hydrogens (primary N) is 1. The smallest absolute Gasteiger partial charge is 0.255 e. The van der Waals surface area contributed by atoms with E-state index in [1.165, 1.54) is 19.0 Å². The number of allylic oxidation sites excluding steroid dienone is 1. The second kappa shape index (κ2) is 9.41. The van der Waals surface area contributed by atoms with Gasteiger partial charge < -0.3 is 31.5 Å². The van der Waals surface area contributed by atoms with Crippen molar-refractivity contribution < 1.29 is 44.0 Å². The Labute approximate surface area is 229 Å². The molecule has 4 aliphatic rings. The first kappa shape index (κ1) is 27.8. The second-order valence-corrected chi connectivity index (χ2v) is 11.6. The number of hydrogen-bond donors (Lipinski definition) is 6. The summed E-state index contributed by atoms with van der Waals surface area (Å²) in [6, 6.07) is -0.188. The number of carbonyl (C=O) groups excluding carboxylic acids is 4. The third kappa shape index (κ3) is 3.76. The molecule has 1 aromatic rings. The van der Waals surface area contributed by atoms with Crippen LogP contribution in [0.15, 0.2) is 28.7 Å². The van der Waals surface area contributed by atoms with E-state index in [0.29, 0.717) is 6.42 Å². The van der Waals surface area contributed by atoms with Crippen molar-refractivity contribution in [2.45, 2.75) is 50.7 Å². The van der Waals surface area contributed by atoms with Gasteiger partial charge in [-0.2, -0.15) is 0 Å². The summed E-state index contributed by atoms with van der Waals surface area (Å²) in [7, 11) is 3.04. The van der Waals surface area contributed by atoms with Gasteiger partial charge in [0.25, 0.3) is 5.91 Å². The molecular formula is C28H32FN3O8. The number of ketones is 2. The first-order valence-corrected chi connectivity index (χ1v) is 13.2. The molecule has 1 unspecified atom stereocenters. The fourth-order valence-electron chi connectivity index (χ4n) is 7.13. The van der Waals surface area contributed by atoms with Gasteiger partial charge in [-0.3, -0.25) is 24.1 Å². The number of Topliss-reactive ketones (excluding diaryl/α,β-unsaturated/α-hetero) is 2. The highest BCUT2D eigenvalue weighted by Crippen LogP contribution is 2.53. The number of primary amides is 1. The van der Waals surface area contributed by atoms with Gasteiger partial charge in [0.05, 0.1) is 17.3 Å². The Morgan fingerprint density at radius 2 is 1.85 bits per heavy atom. The molecule has 0 spiro atoms. The Balaban J connectivity index is 1.62. The van der Waals surface area contributed by atoms with Crippen molar-refractivity contribution in [1.82, 2.24) is 4.90 Å². The third-order valence-electron chi connectivity index (χ3n) is 9.12. The highest BCUT2D eigenvalue weighted by molar-refractivity contribution is 6.25. The van der Waals surface area contributed by atoms with Gasteiger partial charge in [-0.1, -0.05) is 13.3 Å². The van der Waals surface area contributed by atoms with Crippen LogP contribution < -0.4 is 11.1 Å². The van der Waals surface area contributed by atoms with E-state index in [4.69, 9.17) is 5.73 Å². The van der Waals surface area contributed by atoms with Crippen molar-refractivity contribution in [2.24, 2.45) is 29.4 Å². The van der Waals surface area contributed by atoms with Gasteiger partial charge in [0.15, 0.2) is 17.1 Å². The van der Waals surface area contributed by atoms with E-state index in [2.05, 4.69) is 5.32 Å². The molecule has 1 saturated carbocycles. The topological polar surface area (TPSA) is 190 Å². The van der Waals surface area contributed by atoms with Crippen molar-refractivity contribution in [3.63, 3.8) is 0 Å². The molecular weight excluding hydrogens is 525 g/mol. The summed E-state index contributed by atoms with van der Waals surface area (Å²) in [5.41, 5.74) is 0.300. The van der Waals surface area contributed by atoms with Crippen LogP contribution in [0.5, 0.6) is 5.75 Å². The number of nitrogens with one attached hydrogen (secondary N) is 1. The van der Waals surface area contributed by atoms with E-state index in [0.717, 1.165) is 18.9 Å². The van der Waals surface area contributed by atoms with Crippen LogP contribution in [0.1, 0.15) is 48.5 Å². The van der Waals surface area contributed by atoms with E-state index in [-0.39, 0.29) is 35.9 Å². The van der Waals surface area contributed by atoms with Crippen LogP contribution in [-0.4, -0.2) is 74.4 Å². The number of fused-ring (bicyclic) bond motifs is 3. The van der Waals surface area contributed by atoms with Gasteiger partial charge in [-0.25, -0.2) is 4.39 Å². The molecule has 0 heterocycles. The molecule has 0 bridgehead atoms. The lowest BCUT2D eigenvalue weighted by atomic mass is 9.58. The van der Waals surface area contributed by atoms with Gasteiger partial charge in [-0.15, -0.1) is 0 Å². The number of phenols is 1. The zero-order valence-corrected chi connectivity index (χ0v) is 22.3. The SMILES string of the molecule is CC1CCC[C@H]1C(=O)Nc1cc(F)c2c(c1O)C(=O)C1=C(O)[C@]3(O)C(=O)C(C(N)=O)=C(O)[C@@H](N(C)C)[C@@H]3C[C@@H]1C2. The van der Waals surface area contributed by atoms with Crippen LogP contribution >= 0.6 is 0 Å². The molecule has 12 heteroatoms. The number of hydrogen-bond acceptors (Lipinski definition) is 9. The van der Waals surface area contributed by atoms with E-state index in [1.54, 1.807) is 0 Å². The Hall–Kier alpha value is -3.77. The highest BCUT2D eigenvalue weighted by atomic mass is 19.1. The van der Waals surface area contributed by atoms with Crippen molar-refractivity contribution in [3.8, 4) is 5.75 Å². The van der Waals surface area contributed by atoms with E-state index in [1.807, 2.05) is 6.92 Å². The van der Waals surface area contributed by atoms with Crippen LogP contribution in [0, 0.1) is 29.5 Å². The summed E-state index contributed by atoms with van der Waals surface area (Å²) in [6.07, 6.45) is 2.03. The molecule has 0 aliphatic heterocycles. The Morgan fingerprint density at radius 1 is 1.18 bits per heavy atom. The maximum absolute atomic E-state index is 15.4. The lowest BCUT2D eigenvalue weighted by molar-refractivity contribution is -0.148. The van der Waals surface area contributed by atoms with Crippen molar-refractivity contribution in [2.75, 3.05) is 19.4 Å².